The molecule has 1 aliphatic heterocycles. The molecule has 1 rings (SSSR count). The fourth-order valence-corrected chi connectivity index (χ4v) is 0.999. The molecule has 0 aromatic carbocycles. The number of hydrogen-bond donors (Lipinski definition) is 0. The van der Waals surface area contributed by atoms with Crippen molar-refractivity contribution in [3.63, 3.8) is 0 Å². The number of ether oxygens (including phenoxy) is 3. The summed E-state index contributed by atoms with van der Waals surface area (Å²) in [5.74, 6) is 0. The maximum absolute atomic E-state index is 10.7. The second kappa shape index (κ2) is 4.18. The molecular weight excluding hydrogens is 148 g/mol. The lowest BCUT2D eigenvalue weighted by Crippen LogP contribution is -2.20. The third-order valence-corrected chi connectivity index (χ3v) is 1.51. The molecule has 1 aliphatic rings. The van der Waals surface area contributed by atoms with E-state index in [1.54, 1.807) is 7.11 Å². The third kappa shape index (κ3) is 2.76. The molecular formula is C7H12O4. The van der Waals surface area contributed by atoms with Crippen LogP contribution in [-0.2, 0) is 14.2 Å². The molecule has 1 atom stereocenters. The summed E-state index contributed by atoms with van der Waals surface area (Å²) in [6, 6.07) is 0. The molecule has 1 fully saturated rings. The van der Waals surface area contributed by atoms with Crippen LogP contribution < -0.4 is 0 Å². The first-order chi connectivity index (χ1) is 5.33. The van der Waals surface area contributed by atoms with Gasteiger partial charge in [-0.3, -0.25) is 0 Å². The standard InChI is InChI=1S/C7H12O4/c1-9-5-6-3-2-4-10-7(8)11-6/h6H,2-5H2,1H3. The number of hydrogen-bond acceptors (Lipinski definition) is 4. The van der Waals surface area contributed by atoms with Crippen LogP contribution in [0.3, 0.4) is 0 Å². The minimum Gasteiger partial charge on any atom is -0.434 e. The van der Waals surface area contributed by atoms with Gasteiger partial charge in [0, 0.05) is 7.11 Å². The Kier molecular flexibility index (Phi) is 3.16. The van der Waals surface area contributed by atoms with E-state index in [-0.39, 0.29) is 6.10 Å². The number of cyclic esters (lactones) is 2. The quantitative estimate of drug-likeness (QED) is 0.564. The molecule has 1 heterocycles. The zero-order chi connectivity index (χ0) is 8.10. The number of rotatable bonds is 2. The Morgan fingerprint density at radius 2 is 2.55 bits per heavy atom. The summed E-state index contributed by atoms with van der Waals surface area (Å²) in [6.45, 7) is 0.911. The fourth-order valence-electron chi connectivity index (χ4n) is 0.999. The monoisotopic (exact) mass is 160 g/mol. The van der Waals surface area contributed by atoms with E-state index < -0.39 is 6.16 Å². The third-order valence-electron chi connectivity index (χ3n) is 1.51. The van der Waals surface area contributed by atoms with Gasteiger partial charge in [-0.05, 0) is 12.8 Å². The van der Waals surface area contributed by atoms with Gasteiger partial charge in [0.1, 0.15) is 6.10 Å². The van der Waals surface area contributed by atoms with Crippen LogP contribution in [0.1, 0.15) is 12.8 Å². The summed E-state index contributed by atoms with van der Waals surface area (Å²) >= 11 is 0. The Morgan fingerprint density at radius 3 is 3.27 bits per heavy atom. The lowest BCUT2D eigenvalue weighted by molar-refractivity contribution is 0.0104. The number of carbonyl (C=O) groups excluding carboxylic acids is 1. The Bertz CT molecular complexity index is 134. The lowest BCUT2D eigenvalue weighted by atomic mass is 10.2. The molecule has 0 N–H and O–H groups in total. The van der Waals surface area contributed by atoms with Gasteiger partial charge in [0.05, 0.1) is 13.2 Å². The van der Waals surface area contributed by atoms with E-state index in [1.165, 1.54) is 0 Å². The van der Waals surface area contributed by atoms with Crippen LogP contribution in [0.2, 0.25) is 0 Å². The van der Waals surface area contributed by atoms with Crippen LogP contribution in [0.5, 0.6) is 0 Å². The van der Waals surface area contributed by atoms with Crippen LogP contribution in [0.4, 0.5) is 4.79 Å². The summed E-state index contributed by atoms with van der Waals surface area (Å²) in [6.07, 6.45) is 0.957. The van der Waals surface area contributed by atoms with Gasteiger partial charge in [0.2, 0.25) is 0 Å². The van der Waals surface area contributed by atoms with E-state index in [4.69, 9.17) is 9.47 Å². The normalized spacial score (nSPS) is 25.2. The van der Waals surface area contributed by atoms with Crippen molar-refractivity contribution < 1.29 is 19.0 Å². The second-order valence-corrected chi connectivity index (χ2v) is 2.44. The molecule has 64 valence electrons. The molecule has 0 spiro atoms. The van der Waals surface area contributed by atoms with Crippen LogP contribution in [0, 0.1) is 0 Å². The molecule has 0 radical (unpaired) electrons. The molecule has 1 unspecified atom stereocenters. The van der Waals surface area contributed by atoms with Gasteiger partial charge in [0.15, 0.2) is 0 Å². The minimum atomic E-state index is -0.579. The predicted molar refractivity (Wildman–Crippen MR) is 37.3 cm³/mol. The van der Waals surface area contributed by atoms with E-state index in [0.717, 1.165) is 12.8 Å². The molecule has 0 aliphatic carbocycles. The van der Waals surface area contributed by atoms with Crippen molar-refractivity contribution in [1.82, 2.24) is 0 Å². The van der Waals surface area contributed by atoms with Gasteiger partial charge in [-0.25, -0.2) is 4.79 Å². The van der Waals surface area contributed by atoms with Crippen LogP contribution in [0.25, 0.3) is 0 Å². The maximum atomic E-state index is 10.7. The van der Waals surface area contributed by atoms with Crippen LogP contribution in [0.15, 0.2) is 0 Å². The summed E-state index contributed by atoms with van der Waals surface area (Å²) in [7, 11) is 1.58. The van der Waals surface area contributed by atoms with Crippen molar-refractivity contribution in [2.45, 2.75) is 18.9 Å². The molecule has 0 bridgehead atoms. The highest BCUT2D eigenvalue weighted by molar-refractivity contribution is 5.60. The van der Waals surface area contributed by atoms with Crippen molar-refractivity contribution in [3.8, 4) is 0 Å². The zero-order valence-corrected chi connectivity index (χ0v) is 6.54. The number of carbonyl (C=O) groups is 1. The first-order valence-corrected chi connectivity index (χ1v) is 3.65. The van der Waals surface area contributed by atoms with E-state index in [9.17, 15) is 4.79 Å². The molecule has 4 heteroatoms. The highest BCUT2D eigenvalue weighted by atomic mass is 16.7. The first-order valence-electron chi connectivity index (χ1n) is 3.65. The van der Waals surface area contributed by atoms with Crippen LogP contribution >= 0.6 is 0 Å². The van der Waals surface area contributed by atoms with Crippen LogP contribution in [-0.4, -0.2) is 32.6 Å². The maximum Gasteiger partial charge on any atom is 0.508 e. The molecule has 0 aromatic heterocycles. The summed E-state index contributed by atoms with van der Waals surface area (Å²) in [5, 5.41) is 0. The minimum absolute atomic E-state index is 0.130. The van der Waals surface area contributed by atoms with Gasteiger partial charge < -0.3 is 14.2 Å². The molecule has 0 saturated carbocycles. The van der Waals surface area contributed by atoms with Gasteiger partial charge in [0.25, 0.3) is 0 Å². The van der Waals surface area contributed by atoms with Crippen molar-refractivity contribution in [1.29, 1.82) is 0 Å². The topological polar surface area (TPSA) is 44.8 Å². The summed E-state index contributed by atoms with van der Waals surface area (Å²) < 4.78 is 14.4. The van der Waals surface area contributed by atoms with Gasteiger partial charge in [-0.2, -0.15) is 0 Å². The molecule has 0 amide bonds. The molecule has 4 nitrogen and oxygen atoms in total. The Hall–Kier alpha value is -0.770. The smallest absolute Gasteiger partial charge is 0.434 e. The SMILES string of the molecule is COCC1CCCOC(=O)O1. The fraction of sp³-hybridized carbons (Fsp3) is 0.857. The van der Waals surface area contributed by atoms with E-state index in [1.807, 2.05) is 0 Å². The zero-order valence-electron chi connectivity index (χ0n) is 6.54. The van der Waals surface area contributed by atoms with Crippen molar-refractivity contribution in [2.75, 3.05) is 20.3 Å². The Morgan fingerprint density at radius 1 is 1.73 bits per heavy atom. The van der Waals surface area contributed by atoms with Gasteiger partial charge in [-0.15, -0.1) is 0 Å². The van der Waals surface area contributed by atoms with E-state index in [0.29, 0.717) is 13.2 Å². The number of methoxy groups -OCH3 is 1. The first kappa shape index (κ1) is 8.33. The average Bonchev–Trinajstić information content (AvgIpc) is 2.15. The Balaban J connectivity index is 2.33. The van der Waals surface area contributed by atoms with Gasteiger partial charge >= 0.3 is 6.16 Å². The van der Waals surface area contributed by atoms with Crippen molar-refractivity contribution in [2.24, 2.45) is 0 Å². The molecule has 1 saturated heterocycles. The van der Waals surface area contributed by atoms with Crippen molar-refractivity contribution >= 4 is 6.16 Å². The predicted octanol–water partition coefficient (Wildman–Crippen LogP) is 0.948. The molecule has 0 aromatic rings. The largest absolute Gasteiger partial charge is 0.508 e. The highest BCUT2D eigenvalue weighted by Gasteiger charge is 2.18. The van der Waals surface area contributed by atoms with E-state index in [2.05, 4.69) is 4.74 Å². The van der Waals surface area contributed by atoms with Gasteiger partial charge in [-0.1, -0.05) is 0 Å². The Labute approximate surface area is 65.4 Å². The lowest BCUT2D eigenvalue weighted by Gasteiger charge is -2.11. The highest BCUT2D eigenvalue weighted by Crippen LogP contribution is 2.09. The average molecular weight is 160 g/mol. The van der Waals surface area contributed by atoms with Crippen molar-refractivity contribution in [3.05, 3.63) is 0 Å². The molecule has 11 heavy (non-hydrogen) atoms. The summed E-state index contributed by atoms with van der Waals surface area (Å²) in [5.41, 5.74) is 0. The summed E-state index contributed by atoms with van der Waals surface area (Å²) in [4.78, 5) is 10.7. The second-order valence-electron chi connectivity index (χ2n) is 2.44. The van der Waals surface area contributed by atoms with E-state index >= 15 is 0 Å².